The number of nitrogens with one attached hydrogen (secondary N) is 1. The summed E-state index contributed by atoms with van der Waals surface area (Å²) in [6.07, 6.45) is 2.13. The molecule has 0 unspecified atom stereocenters. The average Bonchev–Trinajstić information content (AvgIpc) is 2.58. The highest BCUT2D eigenvalue weighted by atomic mass is 16.2. The van der Waals surface area contributed by atoms with E-state index in [2.05, 4.69) is 5.32 Å². The average molecular weight is 172 g/mol. The molecule has 1 amide bonds. The maximum atomic E-state index is 11.2. The second-order valence-electron chi connectivity index (χ2n) is 2.88. The smallest absolute Gasteiger partial charge is 0.239 e. The zero-order chi connectivity index (χ0) is 9.56. The van der Waals surface area contributed by atoms with E-state index >= 15 is 0 Å². The van der Waals surface area contributed by atoms with Crippen molar-refractivity contribution in [3.05, 3.63) is 0 Å². The normalized spacial score (nSPS) is 21.2. The SMILES string of the molecule is CC.CN(C)C(=O)[C@@H]1CCCN1. The van der Waals surface area contributed by atoms with Crippen LogP contribution in [0.4, 0.5) is 0 Å². The molecular weight excluding hydrogens is 152 g/mol. The van der Waals surface area contributed by atoms with Gasteiger partial charge in [-0.3, -0.25) is 4.79 Å². The summed E-state index contributed by atoms with van der Waals surface area (Å²) in [5, 5.41) is 3.15. The summed E-state index contributed by atoms with van der Waals surface area (Å²) in [5.74, 6) is 0.206. The van der Waals surface area contributed by atoms with E-state index in [1.54, 1.807) is 19.0 Å². The Balaban J connectivity index is 0.000000561. The third-order valence-corrected chi connectivity index (χ3v) is 1.80. The van der Waals surface area contributed by atoms with Crippen molar-refractivity contribution in [1.29, 1.82) is 0 Å². The Morgan fingerprint density at radius 2 is 2.00 bits per heavy atom. The number of rotatable bonds is 1. The first-order valence-corrected chi connectivity index (χ1v) is 4.66. The zero-order valence-corrected chi connectivity index (χ0v) is 8.55. The predicted octanol–water partition coefficient (Wildman–Crippen LogP) is 0.853. The maximum absolute atomic E-state index is 11.2. The van der Waals surface area contributed by atoms with Gasteiger partial charge in [0.15, 0.2) is 0 Å². The molecular formula is C9H20N2O. The van der Waals surface area contributed by atoms with Crippen molar-refractivity contribution in [2.75, 3.05) is 20.6 Å². The van der Waals surface area contributed by atoms with Crippen LogP contribution < -0.4 is 5.32 Å². The second-order valence-corrected chi connectivity index (χ2v) is 2.88. The van der Waals surface area contributed by atoms with Gasteiger partial charge in [0.05, 0.1) is 6.04 Å². The number of hydrogen-bond donors (Lipinski definition) is 1. The van der Waals surface area contributed by atoms with Gasteiger partial charge in [0, 0.05) is 14.1 Å². The van der Waals surface area contributed by atoms with E-state index < -0.39 is 0 Å². The molecule has 0 radical (unpaired) electrons. The first-order valence-electron chi connectivity index (χ1n) is 4.66. The minimum atomic E-state index is 0.0926. The lowest BCUT2D eigenvalue weighted by Gasteiger charge is -2.15. The van der Waals surface area contributed by atoms with Crippen LogP contribution in [0.2, 0.25) is 0 Å². The van der Waals surface area contributed by atoms with Gasteiger partial charge >= 0.3 is 0 Å². The molecule has 1 aliphatic rings. The van der Waals surface area contributed by atoms with Gasteiger partial charge < -0.3 is 10.2 Å². The lowest BCUT2D eigenvalue weighted by Crippen LogP contribution is -2.39. The first-order chi connectivity index (χ1) is 5.72. The summed E-state index contributed by atoms with van der Waals surface area (Å²) in [7, 11) is 3.59. The minimum absolute atomic E-state index is 0.0926. The fourth-order valence-electron chi connectivity index (χ4n) is 1.21. The van der Waals surface area contributed by atoms with E-state index in [0.717, 1.165) is 19.4 Å². The highest BCUT2D eigenvalue weighted by Crippen LogP contribution is 2.06. The fraction of sp³-hybridized carbons (Fsp3) is 0.889. The van der Waals surface area contributed by atoms with Gasteiger partial charge in [0.2, 0.25) is 5.91 Å². The van der Waals surface area contributed by atoms with Gasteiger partial charge in [0.25, 0.3) is 0 Å². The number of carbonyl (C=O) groups is 1. The van der Waals surface area contributed by atoms with Crippen LogP contribution in [0.25, 0.3) is 0 Å². The van der Waals surface area contributed by atoms with E-state index in [4.69, 9.17) is 0 Å². The van der Waals surface area contributed by atoms with Crippen molar-refractivity contribution in [2.24, 2.45) is 0 Å². The van der Waals surface area contributed by atoms with Gasteiger partial charge in [0.1, 0.15) is 0 Å². The Morgan fingerprint density at radius 1 is 1.42 bits per heavy atom. The standard InChI is InChI=1S/C7H14N2O.C2H6/c1-9(2)7(10)6-4-3-5-8-6;1-2/h6,8H,3-5H2,1-2H3;1-2H3/t6-;/m0./s1. The molecule has 0 aliphatic carbocycles. The van der Waals surface area contributed by atoms with Gasteiger partial charge in [-0.1, -0.05) is 13.8 Å². The Labute approximate surface area is 75.1 Å². The molecule has 3 heteroatoms. The van der Waals surface area contributed by atoms with Crippen LogP contribution in [-0.2, 0) is 4.79 Å². The van der Waals surface area contributed by atoms with Crippen molar-refractivity contribution in [3.63, 3.8) is 0 Å². The van der Waals surface area contributed by atoms with Crippen molar-refractivity contribution >= 4 is 5.91 Å². The summed E-state index contributed by atoms with van der Waals surface area (Å²) >= 11 is 0. The molecule has 0 bridgehead atoms. The lowest BCUT2D eigenvalue weighted by molar-refractivity contribution is -0.130. The van der Waals surface area contributed by atoms with Crippen LogP contribution in [0, 0.1) is 0 Å². The van der Waals surface area contributed by atoms with E-state index in [1.807, 2.05) is 13.8 Å². The molecule has 1 atom stereocenters. The van der Waals surface area contributed by atoms with Crippen molar-refractivity contribution in [3.8, 4) is 0 Å². The van der Waals surface area contributed by atoms with E-state index in [0.29, 0.717) is 0 Å². The van der Waals surface area contributed by atoms with Gasteiger partial charge in [-0.15, -0.1) is 0 Å². The monoisotopic (exact) mass is 172 g/mol. The topological polar surface area (TPSA) is 32.3 Å². The van der Waals surface area contributed by atoms with Crippen LogP contribution >= 0.6 is 0 Å². The molecule has 3 nitrogen and oxygen atoms in total. The Hall–Kier alpha value is -0.570. The Morgan fingerprint density at radius 3 is 2.33 bits per heavy atom. The van der Waals surface area contributed by atoms with E-state index in [1.165, 1.54) is 0 Å². The summed E-state index contributed by atoms with van der Waals surface area (Å²) in [4.78, 5) is 12.9. The number of nitrogens with zero attached hydrogens (tertiary/aromatic N) is 1. The van der Waals surface area contributed by atoms with Gasteiger partial charge in [-0.25, -0.2) is 0 Å². The van der Waals surface area contributed by atoms with Crippen LogP contribution in [0.5, 0.6) is 0 Å². The molecule has 0 spiro atoms. The molecule has 1 heterocycles. The first kappa shape index (κ1) is 11.4. The third-order valence-electron chi connectivity index (χ3n) is 1.80. The molecule has 0 aromatic heterocycles. The van der Waals surface area contributed by atoms with E-state index in [-0.39, 0.29) is 11.9 Å². The summed E-state index contributed by atoms with van der Waals surface area (Å²) in [6.45, 7) is 4.99. The second kappa shape index (κ2) is 6.00. The molecule has 0 aromatic carbocycles. The summed E-state index contributed by atoms with van der Waals surface area (Å²) in [6, 6.07) is 0.0926. The van der Waals surface area contributed by atoms with Crippen LogP contribution in [-0.4, -0.2) is 37.5 Å². The molecule has 0 saturated carbocycles. The fourth-order valence-corrected chi connectivity index (χ4v) is 1.21. The van der Waals surface area contributed by atoms with Crippen molar-refractivity contribution < 1.29 is 4.79 Å². The molecule has 1 saturated heterocycles. The largest absolute Gasteiger partial charge is 0.347 e. The van der Waals surface area contributed by atoms with E-state index in [9.17, 15) is 4.79 Å². The Bertz CT molecular complexity index is 128. The molecule has 12 heavy (non-hydrogen) atoms. The molecule has 1 rings (SSSR count). The molecule has 72 valence electrons. The zero-order valence-electron chi connectivity index (χ0n) is 8.55. The predicted molar refractivity (Wildman–Crippen MR) is 51.1 cm³/mol. The minimum Gasteiger partial charge on any atom is -0.347 e. The van der Waals surface area contributed by atoms with Crippen molar-refractivity contribution in [1.82, 2.24) is 10.2 Å². The summed E-state index contributed by atoms with van der Waals surface area (Å²) in [5.41, 5.74) is 0. The number of likely N-dealkylation sites (N-methyl/N-ethyl adjacent to an activating group) is 1. The molecule has 1 aliphatic heterocycles. The number of hydrogen-bond acceptors (Lipinski definition) is 2. The molecule has 0 aromatic rings. The van der Waals surface area contributed by atoms with Gasteiger partial charge in [-0.05, 0) is 19.4 Å². The van der Waals surface area contributed by atoms with Crippen molar-refractivity contribution in [2.45, 2.75) is 32.7 Å². The van der Waals surface area contributed by atoms with Crippen LogP contribution in [0.1, 0.15) is 26.7 Å². The number of carbonyl (C=O) groups excluding carboxylic acids is 1. The van der Waals surface area contributed by atoms with Gasteiger partial charge in [-0.2, -0.15) is 0 Å². The Kier molecular flexibility index (Phi) is 5.72. The quantitative estimate of drug-likeness (QED) is 0.636. The maximum Gasteiger partial charge on any atom is 0.239 e. The van der Waals surface area contributed by atoms with Crippen LogP contribution in [0.15, 0.2) is 0 Å². The summed E-state index contributed by atoms with van der Waals surface area (Å²) < 4.78 is 0. The highest BCUT2D eigenvalue weighted by molar-refractivity contribution is 5.81. The number of amides is 1. The lowest BCUT2D eigenvalue weighted by atomic mass is 10.2. The third kappa shape index (κ3) is 3.22. The molecule has 1 fully saturated rings. The molecule has 1 N–H and O–H groups in total. The highest BCUT2D eigenvalue weighted by Gasteiger charge is 2.22. The van der Waals surface area contributed by atoms with Crippen LogP contribution in [0.3, 0.4) is 0 Å².